The maximum absolute atomic E-state index is 12.0. The average Bonchev–Trinajstić information content (AvgIpc) is 2.89. The smallest absolute Gasteiger partial charge is 0.346 e. The number of ether oxygens (including phenoxy) is 2. The molecule has 0 aromatic heterocycles. The fraction of sp³-hybridized carbons (Fsp3) is 0.333. The highest BCUT2D eigenvalue weighted by atomic mass is 35.5. The molecule has 1 aromatic carbocycles. The van der Waals surface area contributed by atoms with E-state index in [1.807, 2.05) is 0 Å². The molecule has 0 fully saturated rings. The normalized spacial score (nSPS) is 14.1. The Morgan fingerprint density at radius 2 is 2.04 bits per heavy atom. The van der Waals surface area contributed by atoms with Crippen molar-refractivity contribution < 1.29 is 36.8 Å². The van der Waals surface area contributed by atoms with Crippen LogP contribution in [0.15, 0.2) is 11.1 Å². The van der Waals surface area contributed by atoms with E-state index in [0.717, 1.165) is 12.3 Å². The van der Waals surface area contributed by atoms with Gasteiger partial charge >= 0.3 is 22.1 Å². The van der Waals surface area contributed by atoms with Crippen LogP contribution in [-0.4, -0.2) is 38.8 Å². The van der Waals surface area contributed by atoms with Gasteiger partial charge in [0, 0.05) is 11.1 Å². The summed E-state index contributed by atoms with van der Waals surface area (Å²) in [6.45, 7) is 1.64. The third-order valence-electron chi connectivity index (χ3n) is 3.55. The quantitative estimate of drug-likeness (QED) is 0.443. The molecular formula is C15H15ClO8S. The summed E-state index contributed by atoms with van der Waals surface area (Å²) in [5.41, 5.74) is 1.19. The van der Waals surface area contributed by atoms with Gasteiger partial charge in [0.1, 0.15) is 23.0 Å². The average molecular weight is 391 g/mol. The van der Waals surface area contributed by atoms with Crippen LogP contribution < -0.4 is 8.92 Å². The van der Waals surface area contributed by atoms with Crippen molar-refractivity contribution in [1.29, 1.82) is 0 Å². The molecule has 1 aromatic rings. The highest BCUT2D eigenvalue weighted by molar-refractivity contribution is 7.86. The first-order valence-electron chi connectivity index (χ1n) is 6.94. The maximum Gasteiger partial charge on any atom is 0.346 e. The van der Waals surface area contributed by atoms with Crippen molar-refractivity contribution in [3.05, 3.63) is 33.4 Å². The van der Waals surface area contributed by atoms with Crippen LogP contribution >= 0.6 is 11.6 Å². The van der Waals surface area contributed by atoms with E-state index in [2.05, 4.69) is 0 Å². The summed E-state index contributed by atoms with van der Waals surface area (Å²) in [4.78, 5) is 22.9. The van der Waals surface area contributed by atoms with Gasteiger partial charge in [0.2, 0.25) is 0 Å². The number of halogens is 1. The molecule has 1 N–H and O–H groups in total. The molecule has 0 aliphatic carbocycles. The van der Waals surface area contributed by atoms with Gasteiger partial charge in [0.25, 0.3) is 0 Å². The molecule has 0 saturated carbocycles. The van der Waals surface area contributed by atoms with Gasteiger partial charge in [-0.2, -0.15) is 8.42 Å². The molecule has 0 amide bonds. The van der Waals surface area contributed by atoms with Crippen molar-refractivity contribution in [2.75, 3.05) is 13.4 Å². The Balaban J connectivity index is 2.76. The van der Waals surface area contributed by atoms with Crippen molar-refractivity contribution in [1.82, 2.24) is 0 Å². The Morgan fingerprint density at radius 1 is 1.40 bits per heavy atom. The van der Waals surface area contributed by atoms with Crippen LogP contribution in [0, 0.1) is 6.92 Å². The molecule has 1 aliphatic rings. The van der Waals surface area contributed by atoms with Crippen LogP contribution in [0.25, 0.3) is 0 Å². The minimum Gasteiger partial charge on any atom is -0.496 e. The van der Waals surface area contributed by atoms with Crippen LogP contribution in [0.2, 0.25) is 0 Å². The number of methoxy groups -OCH3 is 1. The Kier molecular flexibility index (Phi) is 5.28. The zero-order chi connectivity index (χ0) is 18.9. The van der Waals surface area contributed by atoms with Gasteiger partial charge in [-0.25, -0.2) is 9.59 Å². The zero-order valence-electron chi connectivity index (χ0n) is 13.6. The van der Waals surface area contributed by atoms with Crippen molar-refractivity contribution >= 4 is 33.7 Å². The molecule has 136 valence electrons. The van der Waals surface area contributed by atoms with Gasteiger partial charge in [0.15, 0.2) is 5.75 Å². The number of fused-ring (bicyclic) bond motifs is 1. The molecule has 10 heteroatoms. The lowest BCUT2D eigenvalue weighted by Crippen LogP contribution is -2.13. The number of aliphatic carboxylic acids is 1. The summed E-state index contributed by atoms with van der Waals surface area (Å²) in [6.07, 6.45) is 1.86. The molecule has 1 heterocycles. The summed E-state index contributed by atoms with van der Waals surface area (Å²) in [7, 11) is -2.61. The van der Waals surface area contributed by atoms with E-state index in [9.17, 15) is 18.0 Å². The standard InChI is InChI=1S/C15H15ClO8S/c1-7-9-6-23-15(19)11(9)13(24-25(3,20)21)8(12(7)22-2)4-5-10(16)14(17)18/h5H,4,6H2,1-3H3,(H,17,18). The largest absolute Gasteiger partial charge is 0.496 e. The fourth-order valence-electron chi connectivity index (χ4n) is 2.53. The molecule has 0 unspecified atom stereocenters. The monoisotopic (exact) mass is 390 g/mol. The maximum atomic E-state index is 12.0. The van der Waals surface area contributed by atoms with E-state index in [-0.39, 0.29) is 35.7 Å². The number of hydrogen-bond donors (Lipinski definition) is 1. The summed E-state index contributed by atoms with van der Waals surface area (Å²) < 4.78 is 38.6. The van der Waals surface area contributed by atoms with Gasteiger partial charge in [-0.05, 0) is 18.9 Å². The first-order valence-corrected chi connectivity index (χ1v) is 9.14. The van der Waals surface area contributed by atoms with Crippen LogP contribution in [0.4, 0.5) is 0 Å². The van der Waals surface area contributed by atoms with Gasteiger partial charge in [-0.15, -0.1) is 0 Å². The lowest BCUT2D eigenvalue weighted by molar-refractivity contribution is -0.131. The predicted molar refractivity (Wildman–Crippen MR) is 87.6 cm³/mol. The molecule has 0 radical (unpaired) electrons. The number of rotatable bonds is 6. The Labute approximate surface area is 149 Å². The fourth-order valence-corrected chi connectivity index (χ4v) is 3.10. The number of carbonyl (C=O) groups is 2. The van der Waals surface area contributed by atoms with E-state index in [4.69, 9.17) is 30.4 Å². The number of cyclic esters (lactones) is 1. The first-order chi connectivity index (χ1) is 11.6. The van der Waals surface area contributed by atoms with Crippen LogP contribution in [0.3, 0.4) is 0 Å². The summed E-state index contributed by atoms with van der Waals surface area (Å²) in [6, 6.07) is 0. The molecular weight excluding hydrogens is 376 g/mol. The molecule has 8 nitrogen and oxygen atoms in total. The zero-order valence-corrected chi connectivity index (χ0v) is 15.2. The van der Waals surface area contributed by atoms with Crippen LogP contribution in [0.5, 0.6) is 11.5 Å². The lowest BCUT2D eigenvalue weighted by atomic mass is 9.95. The Hall–Kier alpha value is -2.26. The van der Waals surface area contributed by atoms with E-state index in [1.54, 1.807) is 6.92 Å². The Morgan fingerprint density at radius 3 is 2.56 bits per heavy atom. The van der Waals surface area contributed by atoms with Gasteiger partial charge < -0.3 is 18.8 Å². The Bertz CT molecular complexity index is 886. The molecule has 0 atom stereocenters. The first kappa shape index (κ1) is 19.1. The molecule has 25 heavy (non-hydrogen) atoms. The summed E-state index contributed by atoms with van der Waals surface area (Å²) in [5, 5.41) is 8.40. The van der Waals surface area contributed by atoms with E-state index in [0.29, 0.717) is 11.1 Å². The third kappa shape index (κ3) is 3.88. The van der Waals surface area contributed by atoms with Gasteiger partial charge in [-0.1, -0.05) is 17.7 Å². The highest BCUT2D eigenvalue weighted by Crippen LogP contribution is 2.43. The number of benzene rings is 1. The predicted octanol–water partition coefficient (Wildman–Crippen LogP) is 1.76. The van der Waals surface area contributed by atoms with E-state index >= 15 is 0 Å². The molecule has 0 bridgehead atoms. The van der Waals surface area contributed by atoms with E-state index < -0.39 is 27.1 Å². The molecule has 2 rings (SSSR count). The van der Waals surface area contributed by atoms with E-state index in [1.165, 1.54) is 7.11 Å². The van der Waals surface area contributed by atoms with Crippen LogP contribution in [0.1, 0.15) is 27.0 Å². The van der Waals surface area contributed by atoms with Gasteiger partial charge in [0.05, 0.1) is 13.4 Å². The number of hydrogen-bond acceptors (Lipinski definition) is 7. The molecule has 0 spiro atoms. The number of allylic oxidation sites excluding steroid dienone is 1. The minimum absolute atomic E-state index is 0.0152. The summed E-state index contributed by atoms with van der Waals surface area (Å²) in [5.74, 6) is -2.05. The van der Waals surface area contributed by atoms with Crippen molar-refractivity contribution in [3.63, 3.8) is 0 Å². The highest BCUT2D eigenvalue weighted by Gasteiger charge is 2.34. The SMILES string of the molecule is COc1c(C)c2c(c(OS(C)(=O)=O)c1CC=C(Cl)C(=O)O)C(=O)OC2. The number of esters is 1. The van der Waals surface area contributed by atoms with Gasteiger partial charge in [-0.3, -0.25) is 0 Å². The number of carboxylic acids is 1. The van der Waals surface area contributed by atoms with Crippen molar-refractivity contribution in [2.45, 2.75) is 20.0 Å². The second-order valence-corrected chi connectivity index (χ2v) is 7.23. The third-order valence-corrected chi connectivity index (χ3v) is 4.34. The lowest BCUT2D eigenvalue weighted by Gasteiger charge is -2.18. The second kappa shape index (κ2) is 6.93. The number of carbonyl (C=O) groups excluding carboxylic acids is 1. The number of carboxylic acid groups (broad SMARTS) is 1. The molecule has 0 saturated heterocycles. The molecule has 1 aliphatic heterocycles. The summed E-state index contributed by atoms with van der Waals surface area (Å²) >= 11 is 5.60. The van der Waals surface area contributed by atoms with Crippen molar-refractivity contribution in [2.24, 2.45) is 0 Å². The minimum atomic E-state index is -3.97. The van der Waals surface area contributed by atoms with Crippen LogP contribution in [-0.2, 0) is 32.7 Å². The topological polar surface area (TPSA) is 116 Å². The van der Waals surface area contributed by atoms with Crippen molar-refractivity contribution in [3.8, 4) is 11.5 Å². The second-order valence-electron chi connectivity index (χ2n) is 5.24.